The number of hydrogen-bond acceptors (Lipinski definition) is 6. The number of ether oxygens (including phenoxy) is 2. The van der Waals surface area contributed by atoms with Gasteiger partial charge in [-0.15, -0.1) is 0 Å². The normalized spacial score (nSPS) is 13.3. The first-order valence-corrected chi connectivity index (χ1v) is 13.3. The minimum atomic E-state index is -1.04. The van der Waals surface area contributed by atoms with Crippen molar-refractivity contribution in [3.63, 3.8) is 0 Å². The number of unbranched alkanes of at least 4 members (excludes halogenated alkanes) is 2. The lowest BCUT2D eigenvalue weighted by Crippen LogP contribution is -2.39. The highest BCUT2D eigenvalue weighted by Crippen LogP contribution is 2.32. The van der Waals surface area contributed by atoms with Crippen molar-refractivity contribution in [2.24, 2.45) is 0 Å². The van der Waals surface area contributed by atoms with Gasteiger partial charge in [0.15, 0.2) is 0 Å². The number of aliphatic hydroxyl groups excluding tert-OH is 2. The number of esters is 2. The number of carbonyl (C=O) groups excluding carboxylic acids is 2. The number of rotatable bonds is 15. The summed E-state index contributed by atoms with van der Waals surface area (Å²) in [6, 6.07) is 14.5. The molecule has 2 aromatic rings. The van der Waals surface area contributed by atoms with Crippen molar-refractivity contribution in [2.45, 2.75) is 71.3 Å². The largest absolute Gasteiger partial charge is 0.461 e. The fourth-order valence-electron chi connectivity index (χ4n) is 4.19. The molecule has 0 aliphatic rings. The third-order valence-corrected chi connectivity index (χ3v) is 7.10. The molecule has 0 fully saturated rings. The minimum absolute atomic E-state index is 0.0514. The predicted octanol–water partition coefficient (Wildman–Crippen LogP) is 5.61. The lowest BCUT2D eigenvalue weighted by Gasteiger charge is -2.32. The van der Waals surface area contributed by atoms with Gasteiger partial charge in [-0.25, -0.2) is 9.59 Å². The van der Waals surface area contributed by atoms with E-state index in [0.717, 1.165) is 23.1 Å². The first-order valence-electron chi connectivity index (χ1n) is 13.3. The average molecular weight is 523 g/mol. The smallest absolute Gasteiger partial charge is 0.336 e. The van der Waals surface area contributed by atoms with Gasteiger partial charge in [0.25, 0.3) is 0 Å². The molecule has 0 aliphatic carbocycles. The Kier molecular flexibility index (Phi) is 11.9. The van der Waals surface area contributed by atoms with Crippen LogP contribution in [0.2, 0.25) is 0 Å². The van der Waals surface area contributed by atoms with Gasteiger partial charge in [0.1, 0.15) is 13.2 Å². The summed E-state index contributed by atoms with van der Waals surface area (Å²) in [6.07, 6.45) is 4.16. The van der Waals surface area contributed by atoms with Crippen LogP contribution in [0.25, 0.3) is 11.1 Å². The molecule has 0 spiro atoms. The van der Waals surface area contributed by atoms with E-state index >= 15 is 0 Å². The van der Waals surface area contributed by atoms with Crippen molar-refractivity contribution in [1.82, 2.24) is 0 Å². The van der Waals surface area contributed by atoms with Crippen LogP contribution in [0.15, 0.2) is 66.8 Å². The Hall–Kier alpha value is -3.22. The van der Waals surface area contributed by atoms with Gasteiger partial charge in [0, 0.05) is 0 Å². The van der Waals surface area contributed by atoms with E-state index < -0.39 is 30.1 Å². The van der Waals surface area contributed by atoms with E-state index in [9.17, 15) is 19.8 Å². The monoisotopic (exact) mass is 522 g/mol. The van der Waals surface area contributed by atoms with Gasteiger partial charge in [0.05, 0.1) is 29.3 Å². The Morgan fingerprint density at radius 2 is 1.55 bits per heavy atom. The van der Waals surface area contributed by atoms with E-state index in [2.05, 4.69) is 45.2 Å². The summed E-state index contributed by atoms with van der Waals surface area (Å²) in [5.74, 6) is -1.42. The van der Waals surface area contributed by atoms with Crippen LogP contribution in [0, 0.1) is 6.92 Å². The maximum atomic E-state index is 12.4. The molecule has 2 rings (SSSR count). The predicted molar refractivity (Wildman–Crippen MR) is 151 cm³/mol. The topological polar surface area (TPSA) is 93.1 Å². The van der Waals surface area contributed by atoms with Crippen molar-refractivity contribution < 1.29 is 29.3 Å². The van der Waals surface area contributed by atoms with Crippen LogP contribution in [0.1, 0.15) is 63.1 Å². The lowest BCUT2D eigenvalue weighted by molar-refractivity contribution is -0.146. The molecule has 2 N–H and O–H groups in total. The van der Waals surface area contributed by atoms with Gasteiger partial charge >= 0.3 is 11.9 Å². The molecule has 0 amide bonds. The van der Waals surface area contributed by atoms with E-state index in [0.29, 0.717) is 6.42 Å². The summed E-state index contributed by atoms with van der Waals surface area (Å²) in [7, 11) is 0. The summed E-state index contributed by atoms with van der Waals surface area (Å²) in [6.45, 7) is 14.1. The maximum Gasteiger partial charge on any atom is 0.336 e. The Morgan fingerprint density at radius 1 is 0.947 bits per heavy atom. The second kappa shape index (κ2) is 14.6. The third-order valence-electron chi connectivity index (χ3n) is 7.10. The van der Waals surface area contributed by atoms with Gasteiger partial charge in [-0.05, 0) is 60.9 Å². The molecule has 206 valence electrons. The highest BCUT2D eigenvalue weighted by molar-refractivity contribution is 5.89. The molecule has 0 heterocycles. The van der Waals surface area contributed by atoms with Crippen molar-refractivity contribution in [3.8, 4) is 11.1 Å². The van der Waals surface area contributed by atoms with E-state index in [1.54, 1.807) is 0 Å². The molecular formula is C32H42O6. The molecule has 0 saturated carbocycles. The van der Waals surface area contributed by atoms with E-state index in [-0.39, 0.29) is 24.4 Å². The van der Waals surface area contributed by atoms with Crippen LogP contribution < -0.4 is 0 Å². The number of benzene rings is 2. The molecule has 0 bridgehead atoms. The van der Waals surface area contributed by atoms with Crippen molar-refractivity contribution >= 4 is 11.9 Å². The zero-order valence-electron chi connectivity index (χ0n) is 23.2. The van der Waals surface area contributed by atoms with Crippen LogP contribution >= 0.6 is 0 Å². The molecule has 0 aromatic heterocycles. The van der Waals surface area contributed by atoms with E-state index in [1.165, 1.54) is 37.3 Å². The molecule has 0 aliphatic heterocycles. The Balaban J connectivity index is 2.32. The third kappa shape index (κ3) is 8.14. The molecule has 6 heteroatoms. The Bertz CT molecular complexity index is 1120. The first kappa shape index (κ1) is 31.0. The summed E-state index contributed by atoms with van der Waals surface area (Å²) < 4.78 is 11.0. The minimum Gasteiger partial charge on any atom is -0.461 e. The second-order valence-corrected chi connectivity index (χ2v) is 9.92. The van der Waals surface area contributed by atoms with Gasteiger partial charge in [-0.3, -0.25) is 0 Å². The van der Waals surface area contributed by atoms with Crippen molar-refractivity contribution in [2.75, 3.05) is 19.8 Å². The summed E-state index contributed by atoms with van der Waals surface area (Å²) in [4.78, 5) is 24.7. The van der Waals surface area contributed by atoms with E-state index in [1.807, 2.05) is 31.2 Å². The summed E-state index contributed by atoms with van der Waals surface area (Å²) in [5.41, 5.74) is 4.67. The average Bonchev–Trinajstić information content (AvgIpc) is 2.93. The standard InChI is InChI=1S/C32H42O6/c1-7-9-10-11-26-12-13-28(18-22(26)3)27-14-16-29(17-15-27)32(8-2,20-37-30(35)23(4)19-33)21-38-31(36)24(5)25(6)34/h12-18,25,33-34H,4-5,7-11,19-21H2,1-3,6H3. The Morgan fingerprint density at radius 3 is 2.08 bits per heavy atom. The molecule has 2 atom stereocenters. The van der Waals surface area contributed by atoms with Gasteiger partial charge < -0.3 is 19.7 Å². The van der Waals surface area contributed by atoms with Crippen LogP contribution in [0.4, 0.5) is 0 Å². The lowest BCUT2D eigenvalue weighted by atomic mass is 9.79. The van der Waals surface area contributed by atoms with Crippen LogP contribution in [0.5, 0.6) is 0 Å². The number of aliphatic hydroxyl groups is 2. The molecular weight excluding hydrogens is 480 g/mol. The van der Waals surface area contributed by atoms with Crippen LogP contribution in [-0.4, -0.2) is 48.1 Å². The number of hydrogen-bond donors (Lipinski definition) is 2. The zero-order chi connectivity index (χ0) is 28.3. The summed E-state index contributed by atoms with van der Waals surface area (Å²) in [5, 5.41) is 18.9. The molecule has 2 unspecified atom stereocenters. The molecule has 0 radical (unpaired) electrons. The van der Waals surface area contributed by atoms with Crippen LogP contribution in [-0.2, 0) is 30.9 Å². The highest BCUT2D eigenvalue weighted by Gasteiger charge is 2.35. The second-order valence-electron chi connectivity index (χ2n) is 9.92. The van der Waals surface area contributed by atoms with Gasteiger partial charge in [0.2, 0.25) is 0 Å². The van der Waals surface area contributed by atoms with Crippen molar-refractivity contribution in [1.29, 1.82) is 0 Å². The number of aryl methyl sites for hydroxylation is 2. The summed E-state index contributed by atoms with van der Waals surface area (Å²) >= 11 is 0. The van der Waals surface area contributed by atoms with Gasteiger partial charge in [-0.1, -0.05) is 82.3 Å². The first-order chi connectivity index (χ1) is 18.1. The van der Waals surface area contributed by atoms with E-state index in [4.69, 9.17) is 9.47 Å². The zero-order valence-corrected chi connectivity index (χ0v) is 23.2. The Labute approximate surface area is 227 Å². The molecule has 6 nitrogen and oxygen atoms in total. The van der Waals surface area contributed by atoms with Crippen LogP contribution in [0.3, 0.4) is 0 Å². The molecule has 2 aromatic carbocycles. The fraction of sp³-hybridized carbons (Fsp3) is 0.438. The van der Waals surface area contributed by atoms with Crippen molar-refractivity contribution in [3.05, 3.63) is 83.5 Å². The number of carbonyl (C=O) groups is 2. The van der Waals surface area contributed by atoms with Gasteiger partial charge in [-0.2, -0.15) is 0 Å². The SMILES string of the molecule is C=C(CO)C(=O)OCC(CC)(COC(=O)C(=C)C(C)O)c1ccc(-c2ccc(CCCCC)c(C)c2)cc1. The maximum absolute atomic E-state index is 12.4. The molecule has 0 saturated heterocycles. The highest BCUT2D eigenvalue weighted by atomic mass is 16.5. The fourth-order valence-corrected chi connectivity index (χ4v) is 4.19. The quantitative estimate of drug-likeness (QED) is 0.179. The molecule has 38 heavy (non-hydrogen) atoms.